The summed E-state index contributed by atoms with van der Waals surface area (Å²) in [6.45, 7) is 15.7. The number of hydrogen-bond acceptors (Lipinski definition) is 9. The van der Waals surface area contributed by atoms with Gasteiger partial charge in [-0.1, -0.05) is 39.8 Å². The fourth-order valence-electron chi connectivity index (χ4n) is 8.65. The molecule has 0 aromatic carbocycles. The Labute approximate surface area is 217 Å². The molecule has 1 aliphatic heterocycles. The Hall–Kier alpha value is -2.55. The van der Waals surface area contributed by atoms with Gasteiger partial charge in [0, 0.05) is 29.6 Å². The van der Waals surface area contributed by atoms with Gasteiger partial charge in [-0.2, -0.15) is 0 Å². The number of aliphatic hydroxyl groups excluding tert-OH is 1. The number of aliphatic hydroxyl groups is 1. The lowest BCUT2D eigenvalue weighted by atomic mass is 9.34. The number of cyclic esters (lactones) is 1. The highest BCUT2D eigenvalue weighted by Crippen LogP contribution is 2.72. The number of rotatable bonds is 2. The molecule has 1 N–H and O–H groups in total. The largest absolute Gasteiger partial charge is 0.466 e. The molecule has 1 heterocycles. The van der Waals surface area contributed by atoms with Gasteiger partial charge in [0.05, 0.1) is 24.5 Å². The molecule has 1 saturated heterocycles. The topological polar surface area (TPSA) is 133 Å². The van der Waals surface area contributed by atoms with Gasteiger partial charge in [0.2, 0.25) is 0 Å². The molecular formula is C28H38O9. The van der Waals surface area contributed by atoms with Crippen molar-refractivity contribution in [2.24, 2.45) is 39.4 Å². The van der Waals surface area contributed by atoms with Crippen LogP contribution in [0.15, 0.2) is 12.2 Å². The normalized spacial score (nSPS) is 46.7. The Balaban J connectivity index is 1.97. The lowest BCUT2D eigenvalue weighted by Gasteiger charge is -2.70. The molecule has 4 rings (SSSR count). The van der Waals surface area contributed by atoms with E-state index >= 15 is 0 Å². The van der Waals surface area contributed by atoms with E-state index in [1.807, 2.05) is 20.8 Å². The van der Waals surface area contributed by atoms with Crippen molar-refractivity contribution in [1.82, 2.24) is 0 Å². The van der Waals surface area contributed by atoms with Crippen LogP contribution in [0, 0.1) is 39.4 Å². The molecule has 9 heteroatoms. The molecule has 0 amide bonds. The van der Waals surface area contributed by atoms with E-state index < -0.39 is 75.0 Å². The fraction of sp³-hybridized carbons (Fsp3) is 0.750. The first-order valence-corrected chi connectivity index (χ1v) is 12.8. The summed E-state index contributed by atoms with van der Waals surface area (Å²) in [6, 6.07) is 0. The van der Waals surface area contributed by atoms with Gasteiger partial charge in [-0.15, -0.1) is 0 Å². The minimum atomic E-state index is -2.15. The maximum absolute atomic E-state index is 14.0. The van der Waals surface area contributed by atoms with Gasteiger partial charge in [0.15, 0.2) is 5.78 Å². The first-order valence-electron chi connectivity index (χ1n) is 12.8. The highest BCUT2D eigenvalue weighted by atomic mass is 16.6. The van der Waals surface area contributed by atoms with Crippen LogP contribution >= 0.6 is 0 Å². The quantitative estimate of drug-likeness (QED) is 0.253. The van der Waals surface area contributed by atoms with Crippen LogP contribution < -0.4 is 0 Å². The van der Waals surface area contributed by atoms with Crippen molar-refractivity contribution in [3.8, 4) is 0 Å². The molecule has 0 spiro atoms. The van der Waals surface area contributed by atoms with Crippen LogP contribution in [0.25, 0.3) is 0 Å². The summed E-state index contributed by atoms with van der Waals surface area (Å²) < 4.78 is 16.3. The summed E-state index contributed by atoms with van der Waals surface area (Å²) in [5.74, 6) is -5.06. The predicted molar refractivity (Wildman–Crippen MR) is 130 cm³/mol. The Kier molecular flexibility index (Phi) is 5.93. The summed E-state index contributed by atoms with van der Waals surface area (Å²) in [4.78, 5) is 66.0. The molecule has 0 unspecified atom stereocenters. The Morgan fingerprint density at radius 2 is 1.59 bits per heavy atom. The number of allylic oxidation sites excluding steroid dienone is 1. The number of carbonyl (C=O) groups excluding carboxylic acids is 5. The third kappa shape index (κ3) is 3.15. The molecule has 4 fully saturated rings. The smallest absolute Gasteiger partial charge is 0.358 e. The minimum Gasteiger partial charge on any atom is -0.466 e. The SMILES string of the molecule is C=C1C[C@H]2[C@@](C)([C@@H](OC(C)=O)C[C@@H]3C(C)(C)C(=O)C[C@H](O)[C@]23C)[C@@H]2C(=O)O[C@@](C)(C(=O)OC)C(=O)[C@]12C. The van der Waals surface area contributed by atoms with Gasteiger partial charge in [0.25, 0.3) is 5.60 Å². The maximum Gasteiger partial charge on any atom is 0.358 e. The monoisotopic (exact) mass is 518 g/mol. The minimum absolute atomic E-state index is 0.0387. The van der Waals surface area contributed by atoms with E-state index in [0.717, 1.165) is 7.11 Å². The van der Waals surface area contributed by atoms with E-state index in [1.165, 1.54) is 13.8 Å². The van der Waals surface area contributed by atoms with Crippen molar-refractivity contribution in [1.29, 1.82) is 0 Å². The summed E-state index contributed by atoms with van der Waals surface area (Å²) in [7, 11) is 1.11. The zero-order valence-electron chi connectivity index (χ0n) is 22.9. The Bertz CT molecular complexity index is 1120. The van der Waals surface area contributed by atoms with Crippen LogP contribution in [0.2, 0.25) is 0 Å². The molecule has 3 aliphatic carbocycles. The van der Waals surface area contributed by atoms with Crippen LogP contribution in [0.4, 0.5) is 0 Å². The molecule has 0 radical (unpaired) electrons. The number of ether oxygens (including phenoxy) is 3. The average molecular weight is 519 g/mol. The number of esters is 3. The molecule has 3 saturated carbocycles. The number of carbonyl (C=O) groups is 5. The highest BCUT2D eigenvalue weighted by molar-refractivity contribution is 6.15. The van der Waals surface area contributed by atoms with Crippen LogP contribution in [-0.4, -0.2) is 59.5 Å². The van der Waals surface area contributed by atoms with E-state index in [1.54, 1.807) is 13.8 Å². The third-order valence-electron chi connectivity index (χ3n) is 10.8. The highest BCUT2D eigenvalue weighted by Gasteiger charge is 2.77. The second kappa shape index (κ2) is 7.98. The standard InChI is InChI=1S/C28H38O9/c1-13-10-16-26(6)15(24(3,4)17(30)12-18(26)31)11-19(36-14(2)29)27(16,7)20-21(32)37-28(8,23(34)35-9)22(33)25(13,20)5/h15-16,18-20,31H,1,10-12H2,2-9H3/t15-,16-,18+,19+,20-,25-,26+,27+,28-/m1/s1. The van der Waals surface area contributed by atoms with E-state index in [2.05, 4.69) is 6.58 Å². The number of ketones is 2. The van der Waals surface area contributed by atoms with Crippen LogP contribution in [0.3, 0.4) is 0 Å². The first kappa shape index (κ1) is 27.5. The Morgan fingerprint density at radius 3 is 2.14 bits per heavy atom. The van der Waals surface area contributed by atoms with Crippen molar-refractivity contribution >= 4 is 29.5 Å². The zero-order chi connectivity index (χ0) is 28.1. The van der Waals surface area contributed by atoms with E-state index in [9.17, 15) is 29.1 Å². The van der Waals surface area contributed by atoms with E-state index in [4.69, 9.17) is 14.2 Å². The van der Waals surface area contributed by atoms with Crippen molar-refractivity contribution in [3.05, 3.63) is 12.2 Å². The number of methoxy groups -OCH3 is 1. The average Bonchev–Trinajstić information content (AvgIpc) is 2.79. The number of Topliss-reactive ketones (excluding diaryl/α,β-unsaturated/α-hetero) is 2. The molecule has 0 aromatic rings. The zero-order valence-corrected chi connectivity index (χ0v) is 22.9. The molecule has 0 bridgehead atoms. The van der Waals surface area contributed by atoms with Crippen molar-refractivity contribution in [2.75, 3.05) is 7.11 Å². The van der Waals surface area contributed by atoms with Gasteiger partial charge < -0.3 is 19.3 Å². The number of fused-ring (bicyclic) bond motifs is 5. The van der Waals surface area contributed by atoms with Crippen LogP contribution in [0.5, 0.6) is 0 Å². The molecule has 9 atom stereocenters. The number of hydrogen-bond donors (Lipinski definition) is 1. The maximum atomic E-state index is 14.0. The molecule has 204 valence electrons. The van der Waals surface area contributed by atoms with Gasteiger partial charge in [-0.05, 0) is 38.5 Å². The van der Waals surface area contributed by atoms with Crippen molar-refractivity contribution in [2.45, 2.75) is 85.5 Å². The molecule has 37 heavy (non-hydrogen) atoms. The predicted octanol–water partition coefficient (Wildman–Crippen LogP) is 2.57. The molecular weight excluding hydrogens is 480 g/mol. The summed E-state index contributed by atoms with van der Waals surface area (Å²) in [5, 5.41) is 11.4. The molecule has 4 aliphatic rings. The molecule has 0 aromatic heterocycles. The second-order valence-electron chi connectivity index (χ2n) is 12.8. The summed E-state index contributed by atoms with van der Waals surface area (Å²) in [5.41, 5.74) is -6.09. The van der Waals surface area contributed by atoms with Crippen LogP contribution in [0.1, 0.15) is 67.7 Å². The fourth-order valence-corrected chi connectivity index (χ4v) is 8.65. The van der Waals surface area contributed by atoms with E-state index in [-0.39, 0.29) is 31.0 Å². The second-order valence-corrected chi connectivity index (χ2v) is 12.8. The lowest BCUT2D eigenvalue weighted by molar-refractivity contribution is -0.263. The van der Waals surface area contributed by atoms with Crippen LogP contribution in [-0.2, 0) is 38.2 Å². The Morgan fingerprint density at radius 1 is 1.00 bits per heavy atom. The summed E-state index contributed by atoms with van der Waals surface area (Å²) >= 11 is 0. The molecule has 9 nitrogen and oxygen atoms in total. The third-order valence-corrected chi connectivity index (χ3v) is 10.8. The van der Waals surface area contributed by atoms with Crippen molar-refractivity contribution < 1.29 is 43.3 Å². The van der Waals surface area contributed by atoms with Gasteiger partial charge >= 0.3 is 17.9 Å². The first-order chi connectivity index (χ1) is 16.8. The van der Waals surface area contributed by atoms with Gasteiger partial charge in [-0.3, -0.25) is 19.2 Å². The van der Waals surface area contributed by atoms with Gasteiger partial charge in [0.1, 0.15) is 11.9 Å². The lowest BCUT2D eigenvalue weighted by Crippen LogP contribution is -2.75. The van der Waals surface area contributed by atoms with E-state index in [0.29, 0.717) is 5.57 Å². The van der Waals surface area contributed by atoms with Gasteiger partial charge in [-0.25, -0.2) is 4.79 Å². The van der Waals surface area contributed by atoms with Crippen molar-refractivity contribution in [3.63, 3.8) is 0 Å². The summed E-state index contributed by atoms with van der Waals surface area (Å²) in [6.07, 6.45) is -1.46.